The molecule has 1 aromatic carbocycles. The van der Waals surface area contributed by atoms with Crippen molar-refractivity contribution in [2.45, 2.75) is 18.1 Å². The Labute approximate surface area is 117 Å². The minimum absolute atomic E-state index is 0.0205. The van der Waals surface area contributed by atoms with Crippen LogP contribution in [0.3, 0.4) is 0 Å². The third-order valence-electron chi connectivity index (χ3n) is 3.37. The lowest BCUT2D eigenvalue weighted by atomic mass is 10.2. The van der Waals surface area contributed by atoms with Crippen LogP contribution in [0, 0.1) is 5.82 Å². The van der Waals surface area contributed by atoms with Crippen molar-refractivity contribution in [2.75, 3.05) is 19.4 Å². The highest BCUT2D eigenvalue weighted by molar-refractivity contribution is 7.92. The van der Waals surface area contributed by atoms with E-state index in [0.29, 0.717) is 18.6 Å². The van der Waals surface area contributed by atoms with Crippen molar-refractivity contribution >= 4 is 15.7 Å². The van der Waals surface area contributed by atoms with Gasteiger partial charge in [0, 0.05) is 12.6 Å². The van der Waals surface area contributed by atoms with Crippen LogP contribution in [-0.2, 0) is 9.84 Å². The highest BCUT2D eigenvalue weighted by atomic mass is 32.2. The highest BCUT2D eigenvalue weighted by Crippen LogP contribution is 2.20. The molecule has 1 aromatic rings. The van der Waals surface area contributed by atoms with Gasteiger partial charge < -0.3 is 10.1 Å². The van der Waals surface area contributed by atoms with E-state index in [1.165, 1.54) is 19.2 Å². The molecular formula is C13H16FNO4S. The Kier molecular flexibility index (Phi) is 4.27. The fourth-order valence-corrected chi connectivity index (χ4v) is 3.96. The van der Waals surface area contributed by atoms with Gasteiger partial charge in [-0.3, -0.25) is 4.79 Å². The van der Waals surface area contributed by atoms with E-state index >= 15 is 0 Å². The van der Waals surface area contributed by atoms with E-state index in [0.717, 1.165) is 6.07 Å². The molecule has 1 unspecified atom stereocenters. The summed E-state index contributed by atoms with van der Waals surface area (Å²) in [5.41, 5.74) is -0.124. The Hall–Kier alpha value is -1.63. The smallest absolute Gasteiger partial charge is 0.254 e. The summed E-state index contributed by atoms with van der Waals surface area (Å²) >= 11 is 0. The SMILES string of the molecule is COc1ccc(C(=O)NCC2CCCS2(=O)=O)c(F)c1. The zero-order chi connectivity index (χ0) is 14.8. The van der Waals surface area contributed by atoms with Gasteiger partial charge in [0.25, 0.3) is 5.91 Å². The first-order valence-electron chi connectivity index (χ1n) is 6.27. The van der Waals surface area contributed by atoms with E-state index < -0.39 is 26.8 Å². The fourth-order valence-electron chi connectivity index (χ4n) is 2.20. The molecular weight excluding hydrogens is 285 g/mol. The topological polar surface area (TPSA) is 72.5 Å². The number of carbonyl (C=O) groups excluding carboxylic acids is 1. The maximum atomic E-state index is 13.7. The summed E-state index contributed by atoms with van der Waals surface area (Å²) in [4.78, 5) is 11.8. The van der Waals surface area contributed by atoms with E-state index in [4.69, 9.17) is 4.74 Å². The predicted octanol–water partition coefficient (Wildman–Crippen LogP) is 1.14. The third kappa shape index (κ3) is 3.09. The van der Waals surface area contributed by atoms with E-state index in [1.807, 2.05) is 0 Å². The molecule has 20 heavy (non-hydrogen) atoms. The molecule has 0 aromatic heterocycles. The van der Waals surface area contributed by atoms with Crippen LogP contribution < -0.4 is 10.1 Å². The van der Waals surface area contributed by atoms with Gasteiger partial charge in [-0.1, -0.05) is 0 Å². The van der Waals surface area contributed by atoms with Crippen LogP contribution >= 0.6 is 0 Å². The minimum Gasteiger partial charge on any atom is -0.497 e. The molecule has 2 rings (SSSR count). The molecule has 1 fully saturated rings. The number of ether oxygens (including phenoxy) is 1. The fraction of sp³-hybridized carbons (Fsp3) is 0.462. The lowest BCUT2D eigenvalue weighted by Crippen LogP contribution is -2.34. The number of rotatable bonds is 4. The Morgan fingerprint density at radius 3 is 2.80 bits per heavy atom. The maximum absolute atomic E-state index is 13.7. The number of methoxy groups -OCH3 is 1. The van der Waals surface area contributed by atoms with Crippen LogP contribution in [0.25, 0.3) is 0 Å². The van der Waals surface area contributed by atoms with E-state index in [2.05, 4.69) is 5.32 Å². The average Bonchev–Trinajstić information content (AvgIpc) is 2.74. The standard InChI is InChI=1S/C13H16FNO4S/c1-19-9-4-5-11(12(14)7-9)13(16)15-8-10-3-2-6-20(10,17)18/h4-5,7,10H,2-3,6,8H2,1H3,(H,15,16). The predicted molar refractivity (Wildman–Crippen MR) is 72.1 cm³/mol. The number of benzene rings is 1. The maximum Gasteiger partial charge on any atom is 0.254 e. The first-order valence-corrected chi connectivity index (χ1v) is 7.99. The summed E-state index contributed by atoms with van der Waals surface area (Å²) in [5.74, 6) is -0.842. The Morgan fingerprint density at radius 2 is 2.25 bits per heavy atom. The Morgan fingerprint density at radius 1 is 1.50 bits per heavy atom. The average molecular weight is 301 g/mol. The van der Waals surface area contributed by atoms with Gasteiger partial charge in [0.1, 0.15) is 11.6 Å². The monoisotopic (exact) mass is 301 g/mol. The second-order valence-electron chi connectivity index (χ2n) is 4.69. The molecule has 1 aliphatic heterocycles. The minimum atomic E-state index is -3.11. The molecule has 1 atom stereocenters. The normalized spacial score (nSPS) is 20.6. The van der Waals surface area contributed by atoms with Crippen LogP contribution in [0.5, 0.6) is 5.75 Å². The first-order chi connectivity index (χ1) is 9.44. The van der Waals surface area contributed by atoms with Gasteiger partial charge in [0.05, 0.1) is 23.7 Å². The lowest BCUT2D eigenvalue weighted by molar-refractivity contribution is 0.0949. The summed E-state index contributed by atoms with van der Waals surface area (Å²) in [7, 11) is -1.71. The number of nitrogens with one attached hydrogen (secondary N) is 1. The van der Waals surface area contributed by atoms with Crippen LogP contribution in [0.2, 0.25) is 0 Å². The summed E-state index contributed by atoms with van der Waals surface area (Å²) in [6.45, 7) is 0.0205. The zero-order valence-corrected chi connectivity index (χ0v) is 11.9. The molecule has 1 saturated heterocycles. The van der Waals surface area contributed by atoms with Gasteiger partial charge in [-0.25, -0.2) is 12.8 Å². The van der Waals surface area contributed by atoms with Crippen LogP contribution in [0.15, 0.2) is 18.2 Å². The number of halogens is 1. The number of hydrogen-bond donors (Lipinski definition) is 1. The molecule has 7 heteroatoms. The van der Waals surface area contributed by atoms with Gasteiger partial charge in [0.15, 0.2) is 9.84 Å². The second-order valence-corrected chi connectivity index (χ2v) is 7.09. The molecule has 110 valence electrons. The van der Waals surface area contributed by atoms with Crippen molar-refractivity contribution in [2.24, 2.45) is 0 Å². The number of carbonyl (C=O) groups is 1. The van der Waals surface area contributed by atoms with Crippen molar-refractivity contribution in [3.8, 4) is 5.75 Å². The zero-order valence-electron chi connectivity index (χ0n) is 11.1. The molecule has 5 nitrogen and oxygen atoms in total. The molecule has 0 radical (unpaired) electrons. The van der Waals surface area contributed by atoms with Crippen LogP contribution in [-0.4, -0.2) is 39.0 Å². The van der Waals surface area contributed by atoms with Gasteiger partial charge in [-0.2, -0.15) is 0 Å². The van der Waals surface area contributed by atoms with E-state index in [-0.39, 0.29) is 17.9 Å². The van der Waals surface area contributed by atoms with Gasteiger partial charge in [-0.15, -0.1) is 0 Å². The van der Waals surface area contributed by atoms with Crippen molar-refractivity contribution in [1.82, 2.24) is 5.32 Å². The molecule has 0 spiro atoms. The van der Waals surface area contributed by atoms with Crippen LogP contribution in [0.1, 0.15) is 23.2 Å². The quantitative estimate of drug-likeness (QED) is 0.905. The van der Waals surface area contributed by atoms with Crippen molar-refractivity contribution in [3.05, 3.63) is 29.6 Å². The molecule has 0 aliphatic carbocycles. The number of hydrogen-bond acceptors (Lipinski definition) is 4. The number of sulfone groups is 1. The molecule has 1 heterocycles. The summed E-state index contributed by atoms with van der Waals surface area (Å²) in [6.07, 6.45) is 1.15. The Bertz CT molecular complexity index is 615. The summed E-state index contributed by atoms with van der Waals surface area (Å²) in [5, 5.41) is 1.91. The van der Waals surface area contributed by atoms with Crippen molar-refractivity contribution < 1.29 is 22.3 Å². The molecule has 1 aliphatic rings. The first kappa shape index (κ1) is 14.8. The number of amides is 1. The second kappa shape index (κ2) is 5.78. The molecule has 1 amide bonds. The Balaban J connectivity index is 2.02. The van der Waals surface area contributed by atoms with Gasteiger partial charge in [-0.05, 0) is 25.0 Å². The summed E-state index contributed by atoms with van der Waals surface area (Å²) in [6, 6.07) is 3.90. The molecule has 1 N–H and O–H groups in total. The largest absolute Gasteiger partial charge is 0.497 e. The lowest BCUT2D eigenvalue weighted by Gasteiger charge is -2.11. The molecule has 0 saturated carbocycles. The van der Waals surface area contributed by atoms with Crippen LogP contribution in [0.4, 0.5) is 4.39 Å². The summed E-state index contributed by atoms with van der Waals surface area (Å²) < 4.78 is 41.8. The van der Waals surface area contributed by atoms with Gasteiger partial charge >= 0.3 is 0 Å². The van der Waals surface area contributed by atoms with E-state index in [1.54, 1.807) is 0 Å². The highest BCUT2D eigenvalue weighted by Gasteiger charge is 2.31. The van der Waals surface area contributed by atoms with Gasteiger partial charge in [0.2, 0.25) is 0 Å². The third-order valence-corrected chi connectivity index (χ3v) is 5.65. The molecule has 0 bridgehead atoms. The van der Waals surface area contributed by atoms with Crippen molar-refractivity contribution in [1.29, 1.82) is 0 Å². The van der Waals surface area contributed by atoms with Crippen molar-refractivity contribution in [3.63, 3.8) is 0 Å². The van der Waals surface area contributed by atoms with E-state index in [9.17, 15) is 17.6 Å².